The van der Waals surface area contributed by atoms with Gasteiger partial charge < -0.3 is 0 Å². The van der Waals surface area contributed by atoms with Gasteiger partial charge in [-0.3, -0.25) is 4.99 Å². The van der Waals surface area contributed by atoms with Gasteiger partial charge in [-0.1, -0.05) is 37.8 Å². The Kier molecular flexibility index (Phi) is 3.92. The van der Waals surface area contributed by atoms with Crippen LogP contribution in [0, 0.1) is 0 Å². The molecule has 2 heteroatoms. The average molecular weight is 174 g/mol. The van der Waals surface area contributed by atoms with Crippen LogP contribution in [0.1, 0.15) is 45.4 Å². The van der Waals surface area contributed by atoms with Crippen LogP contribution in [0.2, 0.25) is 0 Å². The van der Waals surface area contributed by atoms with Gasteiger partial charge in [-0.15, -0.1) is 0 Å². The molecule has 64 valence electrons. The van der Waals surface area contributed by atoms with Crippen molar-refractivity contribution < 1.29 is 0 Å². The Balaban J connectivity index is 2.34. The topological polar surface area (TPSA) is 12.4 Å². The van der Waals surface area contributed by atoms with Crippen LogP contribution in [0.5, 0.6) is 0 Å². The summed E-state index contributed by atoms with van der Waals surface area (Å²) in [6.07, 6.45) is 7.43. The van der Waals surface area contributed by atoms with Gasteiger partial charge >= 0.3 is 0 Å². The molecule has 0 heterocycles. The summed E-state index contributed by atoms with van der Waals surface area (Å²) < 4.78 is 0. The molecule has 1 rings (SSSR count). The fourth-order valence-electron chi connectivity index (χ4n) is 1.50. The minimum absolute atomic E-state index is 0.538. The van der Waals surface area contributed by atoms with Crippen LogP contribution >= 0.6 is 11.6 Å². The molecule has 1 aliphatic rings. The second kappa shape index (κ2) is 4.76. The Bertz CT molecular complexity index is 136. The van der Waals surface area contributed by atoms with Gasteiger partial charge in [-0.2, -0.15) is 0 Å². The molecular formula is C9H16ClN. The standard InChI is InChI=1S/C9H16ClN/c1-2-9(10)11-8-6-4-3-5-7-8/h8H,2-7H2,1H3. The quantitative estimate of drug-likeness (QED) is 0.568. The van der Waals surface area contributed by atoms with E-state index in [2.05, 4.69) is 11.9 Å². The van der Waals surface area contributed by atoms with Crippen molar-refractivity contribution in [1.82, 2.24) is 0 Å². The fraction of sp³-hybridized carbons (Fsp3) is 0.889. The molecule has 0 radical (unpaired) electrons. The van der Waals surface area contributed by atoms with E-state index in [0.717, 1.165) is 11.6 Å². The van der Waals surface area contributed by atoms with E-state index in [9.17, 15) is 0 Å². The van der Waals surface area contributed by atoms with Crippen molar-refractivity contribution >= 4 is 16.8 Å². The van der Waals surface area contributed by atoms with Gasteiger partial charge in [-0.25, -0.2) is 0 Å². The summed E-state index contributed by atoms with van der Waals surface area (Å²) >= 11 is 5.85. The smallest absolute Gasteiger partial charge is 0.100 e. The van der Waals surface area contributed by atoms with Crippen molar-refractivity contribution in [3.8, 4) is 0 Å². The lowest BCUT2D eigenvalue weighted by Crippen LogP contribution is -2.10. The van der Waals surface area contributed by atoms with Gasteiger partial charge in [-0.05, 0) is 19.3 Å². The van der Waals surface area contributed by atoms with Crippen LogP contribution in [-0.2, 0) is 0 Å². The van der Waals surface area contributed by atoms with Crippen molar-refractivity contribution in [3.05, 3.63) is 0 Å². The maximum atomic E-state index is 5.85. The monoisotopic (exact) mass is 173 g/mol. The van der Waals surface area contributed by atoms with Crippen LogP contribution in [0.4, 0.5) is 0 Å². The molecule has 0 N–H and O–H groups in total. The maximum absolute atomic E-state index is 5.85. The lowest BCUT2D eigenvalue weighted by atomic mass is 9.96. The highest BCUT2D eigenvalue weighted by Gasteiger charge is 2.11. The van der Waals surface area contributed by atoms with Gasteiger partial charge in [0.2, 0.25) is 0 Å². The second-order valence-corrected chi connectivity index (χ2v) is 3.59. The third-order valence-electron chi connectivity index (χ3n) is 2.19. The summed E-state index contributed by atoms with van der Waals surface area (Å²) in [5.41, 5.74) is 0. The highest BCUT2D eigenvalue weighted by molar-refractivity contribution is 6.65. The van der Waals surface area contributed by atoms with E-state index in [1.165, 1.54) is 32.1 Å². The maximum Gasteiger partial charge on any atom is 0.100 e. The average Bonchev–Trinajstić information content (AvgIpc) is 2.06. The lowest BCUT2D eigenvalue weighted by molar-refractivity contribution is 0.443. The van der Waals surface area contributed by atoms with Crippen molar-refractivity contribution in [1.29, 1.82) is 0 Å². The zero-order valence-electron chi connectivity index (χ0n) is 7.15. The molecule has 0 aliphatic heterocycles. The first kappa shape index (κ1) is 9.05. The van der Waals surface area contributed by atoms with E-state index in [1.54, 1.807) is 0 Å². The molecule has 0 saturated heterocycles. The summed E-state index contributed by atoms with van der Waals surface area (Å²) in [7, 11) is 0. The van der Waals surface area contributed by atoms with Crippen molar-refractivity contribution in [2.24, 2.45) is 4.99 Å². The summed E-state index contributed by atoms with van der Waals surface area (Å²) in [6, 6.07) is 0.538. The van der Waals surface area contributed by atoms with Crippen LogP contribution in [0.25, 0.3) is 0 Å². The number of hydrogen-bond donors (Lipinski definition) is 0. The molecule has 0 amide bonds. The Hall–Kier alpha value is -0.0400. The lowest BCUT2D eigenvalue weighted by Gasteiger charge is -2.17. The third-order valence-corrected chi connectivity index (χ3v) is 2.55. The molecule has 0 aromatic rings. The van der Waals surface area contributed by atoms with Crippen LogP contribution in [-0.4, -0.2) is 11.2 Å². The number of aliphatic imine (C=N–C) groups is 1. The molecule has 0 atom stereocenters. The molecule has 11 heavy (non-hydrogen) atoms. The molecule has 0 unspecified atom stereocenters. The first-order chi connectivity index (χ1) is 5.33. The number of halogens is 1. The van der Waals surface area contributed by atoms with Gasteiger partial charge in [0.25, 0.3) is 0 Å². The van der Waals surface area contributed by atoms with Gasteiger partial charge in [0.15, 0.2) is 0 Å². The van der Waals surface area contributed by atoms with Crippen molar-refractivity contribution in [3.63, 3.8) is 0 Å². The van der Waals surface area contributed by atoms with E-state index in [4.69, 9.17) is 11.6 Å². The number of hydrogen-bond acceptors (Lipinski definition) is 1. The number of nitrogens with zero attached hydrogens (tertiary/aromatic N) is 1. The van der Waals surface area contributed by atoms with Crippen molar-refractivity contribution in [2.45, 2.75) is 51.5 Å². The summed E-state index contributed by atoms with van der Waals surface area (Å²) in [5.74, 6) is 0. The first-order valence-electron chi connectivity index (χ1n) is 4.55. The molecule has 1 aliphatic carbocycles. The van der Waals surface area contributed by atoms with Gasteiger partial charge in [0.1, 0.15) is 5.17 Å². The zero-order chi connectivity index (χ0) is 8.10. The molecule has 0 bridgehead atoms. The minimum Gasteiger partial charge on any atom is -0.274 e. The Labute approximate surface area is 73.9 Å². The Morgan fingerprint density at radius 3 is 2.55 bits per heavy atom. The zero-order valence-corrected chi connectivity index (χ0v) is 7.90. The van der Waals surface area contributed by atoms with Crippen molar-refractivity contribution in [2.75, 3.05) is 0 Å². The van der Waals surface area contributed by atoms with E-state index < -0.39 is 0 Å². The fourth-order valence-corrected chi connectivity index (χ4v) is 1.64. The highest BCUT2D eigenvalue weighted by atomic mass is 35.5. The largest absolute Gasteiger partial charge is 0.274 e. The molecule has 1 nitrogen and oxygen atoms in total. The van der Waals surface area contributed by atoms with E-state index >= 15 is 0 Å². The molecular weight excluding hydrogens is 158 g/mol. The summed E-state index contributed by atoms with van der Waals surface area (Å²) in [6.45, 7) is 2.05. The molecule has 0 aromatic carbocycles. The number of rotatable bonds is 2. The van der Waals surface area contributed by atoms with Crippen LogP contribution < -0.4 is 0 Å². The minimum atomic E-state index is 0.538. The van der Waals surface area contributed by atoms with Crippen LogP contribution in [0.3, 0.4) is 0 Å². The normalized spacial score (nSPS) is 22.2. The molecule has 1 saturated carbocycles. The Morgan fingerprint density at radius 2 is 2.00 bits per heavy atom. The van der Waals surface area contributed by atoms with E-state index in [-0.39, 0.29) is 0 Å². The first-order valence-corrected chi connectivity index (χ1v) is 4.93. The summed E-state index contributed by atoms with van der Waals surface area (Å²) in [5, 5.41) is 0.803. The summed E-state index contributed by atoms with van der Waals surface area (Å²) in [4.78, 5) is 4.44. The van der Waals surface area contributed by atoms with E-state index in [0.29, 0.717) is 6.04 Å². The predicted molar refractivity (Wildman–Crippen MR) is 50.5 cm³/mol. The molecule has 1 fully saturated rings. The van der Waals surface area contributed by atoms with Gasteiger partial charge in [0, 0.05) is 0 Å². The highest BCUT2D eigenvalue weighted by Crippen LogP contribution is 2.20. The molecule has 0 aromatic heterocycles. The SMILES string of the molecule is CCC(Cl)=NC1CCCCC1. The predicted octanol–water partition coefficient (Wildman–Crippen LogP) is 3.37. The van der Waals surface area contributed by atoms with Gasteiger partial charge in [0.05, 0.1) is 6.04 Å². The third kappa shape index (κ3) is 3.24. The second-order valence-electron chi connectivity index (χ2n) is 3.15. The Morgan fingerprint density at radius 1 is 1.36 bits per heavy atom. The van der Waals surface area contributed by atoms with E-state index in [1.807, 2.05) is 0 Å². The molecule has 0 spiro atoms. The van der Waals surface area contributed by atoms with Crippen LogP contribution in [0.15, 0.2) is 4.99 Å².